The summed E-state index contributed by atoms with van der Waals surface area (Å²) >= 11 is 0. The molecule has 1 aromatic rings. The minimum Gasteiger partial charge on any atom is -0.338 e. The van der Waals surface area contributed by atoms with Crippen LogP contribution in [-0.2, 0) is 10.0 Å². The molecule has 1 saturated heterocycles. The maximum Gasteiger partial charge on any atom is 0.253 e. The van der Waals surface area contributed by atoms with Gasteiger partial charge in [0.15, 0.2) is 0 Å². The van der Waals surface area contributed by atoms with E-state index in [0.29, 0.717) is 37.3 Å². The predicted octanol–water partition coefficient (Wildman–Crippen LogP) is 1.65. The van der Waals surface area contributed by atoms with E-state index < -0.39 is 10.0 Å². The largest absolute Gasteiger partial charge is 0.338 e. The Morgan fingerprint density at radius 2 is 2.17 bits per heavy atom. The number of nitrogens with zero attached hydrogens (tertiary/aromatic N) is 1. The number of likely N-dealkylation sites (tertiary alicyclic amines) is 1. The SMILES string of the molecule is CCCS(=O)(=O)Nc1cccc(C(=O)N2CCC(C)(CN)C2)c1. The van der Waals surface area contributed by atoms with Crippen LogP contribution in [0.1, 0.15) is 37.0 Å². The van der Waals surface area contributed by atoms with Crippen LogP contribution < -0.4 is 10.5 Å². The molecule has 0 saturated carbocycles. The van der Waals surface area contributed by atoms with Gasteiger partial charge in [-0.15, -0.1) is 0 Å². The van der Waals surface area contributed by atoms with Crippen molar-refractivity contribution < 1.29 is 13.2 Å². The van der Waals surface area contributed by atoms with Crippen LogP contribution in [0.2, 0.25) is 0 Å². The molecule has 0 bridgehead atoms. The summed E-state index contributed by atoms with van der Waals surface area (Å²) in [5.74, 6) is -0.0229. The Bertz CT molecular complexity index is 675. The molecule has 7 heteroatoms. The molecule has 6 nitrogen and oxygen atoms in total. The summed E-state index contributed by atoms with van der Waals surface area (Å²) in [7, 11) is -3.36. The van der Waals surface area contributed by atoms with Crippen LogP contribution in [0, 0.1) is 5.41 Å². The van der Waals surface area contributed by atoms with Crippen LogP contribution in [0.15, 0.2) is 24.3 Å². The smallest absolute Gasteiger partial charge is 0.253 e. The van der Waals surface area contributed by atoms with Gasteiger partial charge in [0.25, 0.3) is 5.91 Å². The van der Waals surface area contributed by atoms with Gasteiger partial charge < -0.3 is 10.6 Å². The third-order valence-electron chi connectivity index (χ3n) is 4.19. The molecule has 1 amide bonds. The molecule has 1 fully saturated rings. The lowest BCUT2D eigenvalue weighted by Gasteiger charge is -2.22. The second-order valence-corrected chi connectivity index (χ2v) is 8.34. The third-order valence-corrected chi connectivity index (χ3v) is 5.69. The number of nitrogens with one attached hydrogen (secondary N) is 1. The molecule has 1 aliphatic rings. The maximum atomic E-state index is 12.6. The maximum absolute atomic E-state index is 12.6. The van der Waals surface area contributed by atoms with Gasteiger partial charge in [-0.3, -0.25) is 9.52 Å². The molecule has 1 unspecified atom stereocenters. The minimum atomic E-state index is -3.36. The first-order chi connectivity index (χ1) is 10.8. The molecule has 1 aliphatic heterocycles. The lowest BCUT2D eigenvalue weighted by Crippen LogP contribution is -2.34. The summed E-state index contributed by atoms with van der Waals surface area (Å²) in [6.45, 7) is 5.75. The Balaban J connectivity index is 2.12. The number of anilines is 1. The molecule has 0 radical (unpaired) electrons. The number of hydrogen-bond donors (Lipinski definition) is 2. The lowest BCUT2D eigenvalue weighted by atomic mass is 9.90. The minimum absolute atomic E-state index is 0.0318. The van der Waals surface area contributed by atoms with Crippen molar-refractivity contribution in [1.29, 1.82) is 0 Å². The van der Waals surface area contributed by atoms with Crippen LogP contribution in [0.4, 0.5) is 5.69 Å². The van der Waals surface area contributed by atoms with Gasteiger partial charge in [0.2, 0.25) is 10.0 Å². The molecule has 0 aliphatic carbocycles. The van der Waals surface area contributed by atoms with Crippen molar-refractivity contribution in [3.8, 4) is 0 Å². The highest BCUT2D eigenvalue weighted by Gasteiger charge is 2.35. The van der Waals surface area contributed by atoms with Gasteiger partial charge >= 0.3 is 0 Å². The average Bonchev–Trinajstić information content (AvgIpc) is 2.89. The summed E-state index contributed by atoms with van der Waals surface area (Å²) in [5.41, 5.74) is 6.65. The Kier molecular flexibility index (Phi) is 5.31. The van der Waals surface area contributed by atoms with E-state index in [2.05, 4.69) is 11.6 Å². The number of amides is 1. The average molecular weight is 339 g/mol. The number of benzene rings is 1. The van der Waals surface area contributed by atoms with Crippen molar-refractivity contribution in [2.45, 2.75) is 26.7 Å². The van der Waals surface area contributed by atoms with Crippen molar-refractivity contribution >= 4 is 21.6 Å². The van der Waals surface area contributed by atoms with E-state index >= 15 is 0 Å². The summed E-state index contributed by atoms with van der Waals surface area (Å²) in [5, 5.41) is 0. The Labute approximate surface area is 138 Å². The number of rotatable bonds is 6. The van der Waals surface area contributed by atoms with E-state index in [-0.39, 0.29) is 17.1 Å². The topological polar surface area (TPSA) is 92.5 Å². The molecule has 0 spiro atoms. The second-order valence-electron chi connectivity index (χ2n) is 6.49. The van der Waals surface area contributed by atoms with Crippen LogP contribution >= 0.6 is 0 Å². The quantitative estimate of drug-likeness (QED) is 0.824. The first-order valence-electron chi connectivity index (χ1n) is 7.88. The molecule has 0 aromatic heterocycles. The van der Waals surface area contributed by atoms with Gasteiger partial charge in [0.05, 0.1) is 5.75 Å². The molecule has 128 valence electrons. The van der Waals surface area contributed by atoms with Gasteiger partial charge in [-0.05, 0) is 43.0 Å². The first-order valence-corrected chi connectivity index (χ1v) is 9.54. The monoisotopic (exact) mass is 339 g/mol. The van der Waals surface area contributed by atoms with Gasteiger partial charge in [-0.25, -0.2) is 8.42 Å². The molecule has 3 N–H and O–H groups in total. The molecule has 2 rings (SSSR count). The fourth-order valence-corrected chi connectivity index (χ4v) is 3.89. The normalized spacial score (nSPS) is 21.4. The van der Waals surface area contributed by atoms with E-state index in [1.807, 2.05) is 0 Å². The van der Waals surface area contributed by atoms with Crippen LogP contribution in [0.25, 0.3) is 0 Å². The zero-order valence-corrected chi connectivity index (χ0v) is 14.5. The first kappa shape index (κ1) is 17.7. The summed E-state index contributed by atoms with van der Waals surface area (Å²) in [6, 6.07) is 6.64. The third kappa shape index (κ3) is 4.45. The molecular formula is C16H25N3O3S. The highest BCUT2D eigenvalue weighted by molar-refractivity contribution is 7.92. The van der Waals surface area contributed by atoms with Gasteiger partial charge in [-0.1, -0.05) is 19.9 Å². The number of nitrogens with two attached hydrogens (primary N) is 1. The summed E-state index contributed by atoms with van der Waals surface area (Å²) in [6.07, 6.45) is 1.43. The van der Waals surface area contributed by atoms with E-state index in [1.165, 1.54) is 0 Å². The summed E-state index contributed by atoms with van der Waals surface area (Å²) in [4.78, 5) is 14.4. The highest BCUT2D eigenvalue weighted by Crippen LogP contribution is 2.29. The van der Waals surface area contributed by atoms with Crippen molar-refractivity contribution in [2.75, 3.05) is 30.1 Å². The molecule has 23 heavy (non-hydrogen) atoms. The van der Waals surface area contributed by atoms with Crippen LogP contribution in [0.5, 0.6) is 0 Å². The lowest BCUT2D eigenvalue weighted by molar-refractivity contribution is 0.0777. The Morgan fingerprint density at radius 1 is 1.43 bits per heavy atom. The van der Waals surface area contributed by atoms with Crippen LogP contribution in [-0.4, -0.2) is 44.6 Å². The van der Waals surface area contributed by atoms with Crippen molar-refractivity contribution in [3.05, 3.63) is 29.8 Å². The zero-order valence-electron chi connectivity index (χ0n) is 13.7. The van der Waals surface area contributed by atoms with E-state index in [4.69, 9.17) is 5.73 Å². The zero-order chi connectivity index (χ0) is 17.1. The van der Waals surface area contributed by atoms with Crippen molar-refractivity contribution in [3.63, 3.8) is 0 Å². The number of sulfonamides is 1. The van der Waals surface area contributed by atoms with Gasteiger partial charge in [0.1, 0.15) is 0 Å². The standard InChI is InChI=1S/C16H25N3O3S/c1-3-9-23(21,22)18-14-6-4-5-13(10-14)15(20)19-8-7-16(2,11-17)12-19/h4-6,10,18H,3,7-9,11-12,17H2,1-2H3. The van der Waals surface area contributed by atoms with E-state index in [1.54, 1.807) is 36.1 Å². The van der Waals surface area contributed by atoms with Crippen molar-refractivity contribution in [2.24, 2.45) is 11.1 Å². The molecule has 1 atom stereocenters. The molecule has 1 aromatic carbocycles. The van der Waals surface area contributed by atoms with Crippen molar-refractivity contribution in [1.82, 2.24) is 4.90 Å². The molecular weight excluding hydrogens is 314 g/mol. The second kappa shape index (κ2) is 6.88. The number of carbonyl (C=O) groups is 1. The number of hydrogen-bond acceptors (Lipinski definition) is 4. The summed E-state index contributed by atoms with van der Waals surface area (Å²) < 4.78 is 26.2. The molecule has 1 heterocycles. The highest BCUT2D eigenvalue weighted by atomic mass is 32.2. The predicted molar refractivity (Wildman–Crippen MR) is 91.8 cm³/mol. The van der Waals surface area contributed by atoms with Gasteiger partial charge in [0, 0.05) is 24.3 Å². The van der Waals surface area contributed by atoms with Gasteiger partial charge in [-0.2, -0.15) is 0 Å². The Hall–Kier alpha value is -1.60. The van der Waals surface area contributed by atoms with E-state index in [9.17, 15) is 13.2 Å². The fourth-order valence-electron chi connectivity index (χ4n) is 2.76. The van der Waals surface area contributed by atoms with Crippen LogP contribution in [0.3, 0.4) is 0 Å². The van der Waals surface area contributed by atoms with E-state index in [0.717, 1.165) is 6.42 Å². The number of carbonyl (C=O) groups excluding carboxylic acids is 1. The Morgan fingerprint density at radius 3 is 2.78 bits per heavy atom. The fraction of sp³-hybridized carbons (Fsp3) is 0.562.